The van der Waals surface area contributed by atoms with Gasteiger partial charge in [-0.05, 0) is 46.5 Å². The monoisotopic (exact) mass is 274 g/mol. The Labute approximate surface area is 121 Å². The number of rotatable bonds is 8. The predicted octanol–water partition coefficient (Wildman–Crippen LogP) is 4.92. The highest BCUT2D eigenvalue weighted by Crippen LogP contribution is 2.20. The maximum atomic E-state index is 9.51. The zero-order chi connectivity index (χ0) is 15.5. The molecule has 1 unspecified atom stereocenters. The summed E-state index contributed by atoms with van der Waals surface area (Å²) in [4.78, 5) is 0. The summed E-state index contributed by atoms with van der Waals surface area (Å²) in [6.07, 6.45) is 8.15. The van der Waals surface area contributed by atoms with Crippen LogP contribution in [0.1, 0.15) is 93.4 Å². The third kappa shape index (κ3) is 17.9. The summed E-state index contributed by atoms with van der Waals surface area (Å²) in [6.45, 7) is 13.9. The molecule has 0 radical (unpaired) electrons. The highest BCUT2D eigenvalue weighted by Gasteiger charge is 2.20. The van der Waals surface area contributed by atoms with Crippen LogP contribution in [0.25, 0.3) is 0 Å². The molecule has 0 heterocycles. The first-order chi connectivity index (χ1) is 8.54. The lowest BCUT2D eigenvalue weighted by Gasteiger charge is -2.25. The van der Waals surface area contributed by atoms with Crippen LogP contribution in [0.15, 0.2) is 0 Å². The van der Waals surface area contributed by atoms with Gasteiger partial charge in [-0.15, -0.1) is 0 Å². The van der Waals surface area contributed by atoms with E-state index in [-0.39, 0.29) is 0 Å². The molecule has 0 saturated carbocycles. The molecule has 0 rings (SSSR count). The van der Waals surface area contributed by atoms with Crippen molar-refractivity contribution in [3.8, 4) is 0 Å². The largest absolute Gasteiger partial charge is 0.390 e. The van der Waals surface area contributed by atoms with Crippen LogP contribution in [0.4, 0.5) is 0 Å². The molecule has 0 fully saturated rings. The summed E-state index contributed by atoms with van der Waals surface area (Å²) in [6, 6.07) is 0. The number of hydrogen-bond acceptors (Lipinski definition) is 2. The van der Waals surface area contributed by atoms with Crippen LogP contribution >= 0.6 is 0 Å². The summed E-state index contributed by atoms with van der Waals surface area (Å²) in [5.41, 5.74) is -0.940. The van der Waals surface area contributed by atoms with E-state index in [0.717, 1.165) is 19.3 Å². The van der Waals surface area contributed by atoms with Gasteiger partial charge in [0.2, 0.25) is 0 Å². The molecule has 0 saturated heterocycles. The van der Waals surface area contributed by atoms with Crippen molar-refractivity contribution in [3.63, 3.8) is 0 Å². The molecule has 2 N–H and O–H groups in total. The van der Waals surface area contributed by atoms with Crippen molar-refractivity contribution in [1.29, 1.82) is 0 Å². The van der Waals surface area contributed by atoms with E-state index in [2.05, 4.69) is 20.8 Å². The maximum absolute atomic E-state index is 9.51. The first-order valence-electron chi connectivity index (χ1n) is 7.99. The van der Waals surface area contributed by atoms with Crippen molar-refractivity contribution >= 4 is 0 Å². The lowest BCUT2D eigenvalue weighted by Crippen LogP contribution is -2.28. The number of hydrogen-bond donors (Lipinski definition) is 2. The topological polar surface area (TPSA) is 40.5 Å². The molecule has 0 aliphatic heterocycles. The Morgan fingerprint density at radius 3 is 1.63 bits per heavy atom. The van der Waals surface area contributed by atoms with Gasteiger partial charge in [-0.25, -0.2) is 0 Å². The number of aliphatic hydroxyl groups is 2. The van der Waals surface area contributed by atoms with Crippen LogP contribution in [0.2, 0.25) is 0 Å². The molecule has 0 amide bonds. The zero-order valence-corrected chi connectivity index (χ0v) is 14.4. The van der Waals surface area contributed by atoms with Gasteiger partial charge in [0.25, 0.3) is 0 Å². The molecule has 0 aliphatic carbocycles. The standard InChI is InChI=1S/C9H20O.C8H18O/c1-5-6-7-8(2)9(3,4)10;1-4-5-6-7-8(2,3)9/h8,10H,5-7H2,1-4H3;9H,4-7H2,1-3H3. The highest BCUT2D eigenvalue weighted by atomic mass is 16.3. The normalized spacial score (nSPS) is 13.7. The van der Waals surface area contributed by atoms with Gasteiger partial charge in [0, 0.05) is 0 Å². The molecule has 2 heteroatoms. The first kappa shape index (κ1) is 21.2. The van der Waals surface area contributed by atoms with Crippen LogP contribution in [0, 0.1) is 5.92 Å². The fourth-order valence-electron chi connectivity index (χ4n) is 1.67. The molecule has 0 spiro atoms. The van der Waals surface area contributed by atoms with E-state index in [1.54, 1.807) is 0 Å². The van der Waals surface area contributed by atoms with Gasteiger partial charge in [-0.1, -0.05) is 52.9 Å². The van der Waals surface area contributed by atoms with Crippen molar-refractivity contribution in [2.45, 2.75) is 105 Å². The average Bonchev–Trinajstić information content (AvgIpc) is 2.24. The molecular weight excluding hydrogens is 236 g/mol. The fourth-order valence-corrected chi connectivity index (χ4v) is 1.67. The van der Waals surface area contributed by atoms with Crippen molar-refractivity contribution in [2.24, 2.45) is 5.92 Å². The van der Waals surface area contributed by atoms with Gasteiger partial charge >= 0.3 is 0 Å². The molecule has 0 aliphatic rings. The minimum Gasteiger partial charge on any atom is -0.390 e. The van der Waals surface area contributed by atoms with E-state index in [0.29, 0.717) is 5.92 Å². The van der Waals surface area contributed by atoms with Gasteiger partial charge in [0.1, 0.15) is 0 Å². The lowest BCUT2D eigenvalue weighted by molar-refractivity contribution is 0.0205. The highest BCUT2D eigenvalue weighted by molar-refractivity contribution is 4.72. The Kier molecular flexibility index (Phi) is 11.9. The lowest BCUT2D eigenvalue weighted by atomic mass is 9.89. The van der Waals surface area contributed by atoms with Gasteiger partial charge in [-0.3, -0.25) is 0 Å². The fraction of sp³-hybridized carbons (Fsp3) is 1.00. The molecule has 0 aromatic heterocycles. The van der Waals surface area contributed by atoms with Crippen LogP contribution in [-0.2, 0) is 0 Å². The Bertz CT molecular complexity index is 186. The molecule has 118 valence electrons. The van der Waals surface area contributed by atoms with E-state index in [1.165, 1.54) is 25.7 Å². The summed E-state index contributed by atoms with van der Waals surface area (Å²) in [7, 11) is 0. The summed E-state index contributed by atoms with van der Waals surface area (Å²) < 4.78 is 0. The minimum atomic E-state index is -0.491. The van der Waals surface area contributed by atoms with Crippen molar-refractivity contribution in [2.75, 3.05) is 0 Å². The molecule has 0 aromatic carbocycles. The van der Waals surface area contributed by atoms with Crippen molar-refractivity contribution < 1.29 is 10.2 Å². The van der Waals surface area contributed by atoms with E-state index < -0.39 is 11.2 Å². The SMILES string of the molecule is CCCCC(C)C(C)(C)O.CCCCCC(C)(C)O. The Morgan fingerprint density at radius 1 is 0.842 bits per heavy atom. The quantitative estimate of drug-likeness (QED) is 0.617. The van der Waals surface area contributed by atoms with Crippen molar-refractivity contribution in [1.82, 2.24) is 0 Å². The molecule has 2 nitrogen and oxygen atoms in total. The van der Waals surface area contributed by atoms with Gasteiger partial charge in [-0.2, -0.15) is 0 Å². The van der Waals surface area contributed by atoms with Crippen LogP contribution in [-0.4, -0.2) is 21.4 Å². The van der Waals surface area contributed by atoms with Gasteiger partial charge < -0.3 is 10.2 Å². The third-order valence-corrected chi connectivity index (χ3v) is 3.59. The maximum Gasteiger partial charge on any atom is 0.0617 e. The number of unbranched alkanes of at least 4 members (excludes halogenated alkanes) is 3. The molecular formula is C17H38O2. The average molecular weight is 274 g/mol. The van der Waals surface area contributed by atoms with Crippen LogP contribution < -0.4 is 0 Å². The summed E-state index contributed by atoms with van der Waals surface area (Å²) in [5, 5.41) is 18.8. The van der Waals surface area contributed by atoms with E-state index in [9.17, 15) is 10.2 Å². The molecule has 0 bridgehead atoms. The van der Waals surface area contributed by atoms with Crippen LogP contribution in [0.5, 0.6) is 0 Å². The van der Waals surface area contributed by atoms with Gasteiger partial charge in [0.15, 0.2) is 0 Å². The van der Waals surface area contributed by atoms with E-state index in [4.69, 9.17) is 0 Å². The predicted molar refractivity (Wildman–Crippen MR) is 85.4 cm³/mol. The Morgan fingerprint density at radius 2 is 1.32 bits per heavy atom. The van der Waals surface area contributed by atoms with Crippen molar-refractivity contribution in [3.05, 3.63) is 0 Å². The first-order valence-corrected chi connectivity index (χ1v) is 7.99. The second-order valence-corrected chi connectivity index (χ2v) is 6.97. The van der Waals surface area contributed by atoms with E-state index in [1.807, 2.05) is 27.7 Å². The molecule has 1 atom stereocenters. The smallest absolute Gasteiger partial charge is 0.0617 e. The Balaban J connectivity index is 0. The third-order valence-electron chi connectivity index (χ3n) is 3.59. The Hall–Kier alpha value is -0.0800. The summed E-state index contributed by atoms with van der Waals surface area (Å²) >= 11 is 0. The molecule has 19 heavy (non-hydrogen) atoms. The summed E-state index contributed by atoms with van der Waals surface area (Å²) in [5.74, 6) is 0.424. The minimum absolute atomic E-state index is 0.424. The zero-order valence-electron chi connectivity index (χ0n) is 14.4. The van der Waals surface area contributed by atoms with Gasteiger partial charge in [0.05, 0.1) is 11.2 Å². The van der Waals surface area contributed by atoms with Crippen LogP contribution in [0.3, 0.4) is 0 Å². The molecule has 0 aromatic rings. The second kappa shape index (κ2) is 10.7. The van der Waals surface area contributed by atoms with E-state index >= 15 is 0 Å². The second-order valence-electron chi connectivity index (χ2n) is 6.97.